The van der Waals surface area contributed by atoms with Crippen molar-refractivity contribution in [2.24, 2.45) is 0 Å². The molecule has 3 rings (SSSR count). The predicted octanol–water partition coefficient (Wildman–Crippen LogP) is 2.78. The fraction of sp³-hybridized carbons (Fsp3) is 0.565. The first-order chi connectivity index (χ1) is 14.0. The zero-order valence-corrected chi connectivity index (χ0v) is 18.0. The third-order valence-corrected chi connectivity index (χ3v) is 5.92. The van der Waals surface area contributed by atoms with Crippen molar-refractivity contribution >= 4 is 17.5 Å². The molecular formula is C23H34N4O2. The number of anilines is 1. The van der Waals surface area contributed by atoms with Crippen LogP contribution >= 0.6 is 0 Å². The maximum absolute atomic E-state index is 12.7. The normalized spacial score (nSPS) is 17.8. The molecule has 0 radical (unpaired) electrons. The second-order valence-electron chi connectivity index (χ2n) is 8.09. The summed E-state index contributed by atoms with van der Waals surface area (Å²) in [5, 5.41) is 3.06. The highest BCUT2D eigenvalue weighted by Gasteiger charge is 2.24. The van der Waals surface area contributed by atoms with Gasteiger partial charge in [-0.1, -0.05) is 24.3 Å². The van der Waals surface area contributed by atoms with Crippen LogP contribution in [-0.2, 0) is 9.59 Å². The Hall–Kier alpha value is -2.18. The van der Waals surface area contributed by atoms with E-state index >= 15 is 0 Å². The highest BCUT2D eigenvalue weighted by atomic mass is 16.2. The number of rotatable bonds is 7. The van der Waals surface area contributed by atoms with E-state index < -0.39 is 0 Å². The second-order valence-corrected chi connectivity index (χ2v) is 8.09. The van der Waals surface area contributed by atoms with Gasteiger partial charge in [0.05, 0.1) is 13.1 Å². The van der Waals surface area contributed by atoms with Gasteiger partial charge in [0, 0.05) is 44.1 Å². The molecule has 1 saturated heterocycles. The molecule has 2 amide bonds. The van der Waals surface area contributed by atoms with E-state index in [1.807, 2.05) is 43.9 Å². The maximum Gasteiger partial charge on any atom is 0.240 e. The van der Waals surface area contributed by atoms with Gasteiger partial charge in [-0.3, -0.25) is 19.4 Å². The molecule has 0 unspecified atom stereocenters. The van der Waals surface area contributed by atoms with Gasteiger partial charge in [-0.05, 0) is 51.2 Å². The number of nitrogens with one attached hydrogen (secondary N) is 1. The number of amides is 2. The van der Waals surface area contributed by atoms with E-state index in [0.29, 0.717) is 13.1 Å². The van der Waals surface area contributed by atoms with Crippen molar-refractivity contribution in [3.63, 3.8) is 0 Å². The zero-order valence-electron chi connectivity index (χ0n) is 18.0. The average molecular weight is 399 g/mol. The molecule has 1 aliphatic heterocycles. The molecule has 1 aliphatic carbocycles. The van der Waals surface area contributed by atoms with Crippen LogP contribution in [0.3, 0.4) is 0 Å². The average Bonchev–Trinajstić information content (AvgIpc) is 3.21. The van der Waals surface area contributed by atoms with Crippen molar-refractivity contribution in [2.75, 3.05) is 51.1 Å². The summed E-state index contributed by atoms with van der Waals surface area (Å²) in [5.41, 5.74) is 4.28. The van der Waals surface area contributed by atoms with E-state index in [-0.39, 0.29) is 11.8 Å². The molecular weight excluding hydrogens is 364 g/mol. The van der Waals surface area contributed by atoms with E-state index in [2.05, 4.69) is 21.2 Å². The number of allylic oxidation sites excluding steroid dienone is 2. The molecule has 29 heavy (non-hydrogen) atoms. The number of hydrogen-bond donors (Lipinski definition) is 1. The van der Waals surface area contributed by atoms with Gasteiger partial charge in [-0.2, -0.15) is 0 Å². The highest BCUT2D eigenvalue weighted by Crippen LogP contribution is 2.22. The number of hydrogen-bond acceptors (Lipinski definition) is 4. The van der Waals surface area contributed by atoms with Crippen molar-refractivity contribution < 1.29 is 9.59 Å². The Labute approximate surface area is 174 Å². The Morgan fingerprint density at radius 2 is 1.66 bits per heavy atom. The Balaban J connectivity index is 1.44. The summed E-state index contributed by atoms with van der Waals surface area (Å²) in [6.45, 7) is 10.9. The molecule has 1 N–H and O–H groups in total. The zero-order chi connectivity index (χ0) is 20.8. The van der Waals surface area contributed by atoms with E-state index in [4.69, 9.17) is 0 Å². The van der Waals surface area contributed by atoms with Crippen molar-refractivity contribution in [1.82, 2.24) is 14.7 Å². The summed E-state index contributed by atoms with van der Waals surface area (Å²) in [4.78, 5) is 31.5. The van der Waals surface area contributed by atoms with Crippen molar-refractivity contribution in [3.8, 4) is 0 Å². The Kier molecular flexibility index (Phi) is 7.45. The van der Waals surface area contributed by atoms with E-state index in [0.717, 1.165) is 68.8 Å². The number of carbonyl (C=O) groups excluding carboxylic acids is 2. The Morgan fingerprint density at radius 3 is 2.21 bits per heavy atom. The molecule has 0 aromatic heterocycles. The fourth-order valence-corrected chi connectivity index (χ4v) is 4.21. The van der Waals surface area contributed by atoms with Crippen LogP contribution in [-0.4, -0.2) is 72.3 Å². The second kappa shape index (κ2) is 10.0. The minimum atomic E-state index is 0.0252. The smallest absolute Gasteiger partial charge is 0.240 e. The molecule has 158 valence electrons. The third-order valence-electron chi connectivity index (χ3n) is 5.92. The lowest BCUT2D eigenvalue weighted by Crippen LogP contribution is -2.51. The molecule has 1 heterocycles. The molecule has 1 aromatic rings. The van der Waals surface area contributed by atoms with Crippen LogP contribution in [0.2, 0.25) is 0 Å². The minimum absolute atomic E-state index is 0.0252. The number of para-hydroxylation sites is 1. The van der Waals surface area contributed by atoms with Crippen LogP contribution in [0.15, 0.2) is 30.0 Å². The number of carbonyl (C=O) groups is 2. The van der Waals surface area contributed by atoms with Gasteiger partial charge in [0.2, 0.25) is 11.8 Å². The molecule has 0 spiro atoms. The number of piperazine rings is 1. The monoisotopic (exact) mass is 398 g/mol. The lowest BCUT2D eigenvalue weighted by Gasteiger charge is -2.35. The lowest BCUT2D eigenvalue weighted by molar-refractivity contribution is -0.131. The number of aryl methyl sites for hydroxylation is 2. The summed E-state index contributed by atoms with van der Waals surface area (Å²) in [6, 6.07) is 6.03. The molecule has 1 aromatic carbocycles. The minimum Gasteiger partial charge on any atom is -0.324 e. The summed E-state index contributed by atoms with van der Waals surface area (Å²) >= 11 is 0. The van der Waals surface area contributed by atoms with Crippen molar-refractivity contribution in [3.05, 3.63) is 41.1 Å². The van der Waals surface area contributed by atoms with Crippen LogP contribution in [0.5, 0.6) is 0 Å². The predicted molar refractivity (Wildman–Crippen MR) is 117 cm³/mol. The molecule has 0 bridgehead atoms. The van der Waals surface area contributed by atoms with Gasteiger partial charge in [-0.25, -0.2) is 0 Å². The van der Waals surface area contributed by atoms with Crippen LogP contribution < -0.4 is 5.32 Å². The maximum atomic E-state index is 12.7. The van der Waals surface area contributed by atoms with Gasteiger partial charge < -0.3 is 10.2 Å². The molecule has 1 fully saturated rings. The van der Waals surface area contributed by atoms with Crippen LogP contribution in [0.1, 0.15) is 37.3 Å². The van der Waals surface area contributed by atoms with Crippen LogP contribution in [0.25, 0.3) is 0 Å². The summed E-state index contributed by atoms with van der Waals surface area (Å²) in [5.74, 6) is 0.221. The first kappa shape index (κ1) is 21.5. The van der Waals surface area contributed by atoms with Crippen molar-refractivity contribution in [1.29, 1.82) is 0 Å². The van der Waals surface area contributed by atoms with Gasteiger partial charge in [-0.15, -0.1) is 0 Å². The molecule has 6 nitrogen and oxygen atoms in total. The first-order valence-electron chi connectivity index (χ1n) is 10.8. The summed E-state index contributed by atoms with van der Waals surface area (Å²) < 4.78 is 0. The third kappa shape index (κ3) is 5.67. The molecule has 0 atom stereocenters. The summed E-state index contributed by atoms with van der Waals surface area (Å²) in [7, 11) is 0. The number of likely N-dealkylation sites (N-methyl/N-ethyl adjacent to an activating group) is 1. The lowest BCUT2D eigenvalue weighted by atomic mass is 10.1. The fourth-order valence-electron chi connectivity index (χ4n) is 4.21. The quantitative estimate of drug-likeness (QED) is 0.767. The molecule has 2 aliphatic rings. The first-order valence-corrected chi connectivity index (χ1v) is 10.8. The van der Waals surface area contributed by atoms with Gasteiger partial charge >= 0.3 is 0 Å². The Bertz CT molecular complexity index is 746. The number of nitrogens with zero attached hydrogens (tertiary/aromatic N) is 3. The Morgan fingerprint density at radius 1 is 1.03 bits per heavy atom. The van der Waals surface area contributed by atoms with Crippen LogP contribution in [0, 0.1) is 13.8 Å². The van der Waals surface area contributed by atoms with Crippen molar-refractivity contribution in [2.45, 2.75) is 40.0 Å². The topological polar surface area (TPSA) is 55.9 Å². The molecule has 0 saturated carbocycles. The van der Waals surface area contributed by atoms with E-state index in [1.165, 1.54) is 5.70 Å². The van der Waals surface area contributed by atoms with Gasteiger partial charge in [0.1, 0.15) is 0 Å². The largest absolute Gasteiger partial charge is 0.324 e. The summed E-state index contributed by atoms with van der Waals surface area (Å²) in [6.07, 6.45) is 5.46. The SMILES string of the molecule is CCN(C(=O)CN1CCN(CC(=O)Nc2c(C)cccc2C)CC1)C1=CCCC1. The molecule has 6 heteroatoms. The highest BCUT2D eigenvalue weighted by molar-refractivity contribution is 5.93. The van der Waals surface area contributed by atoms with Gasteiger partial charge in [0.15, 0.2) is 0 Å². The van der Waals surface area contributed by atoms with E-state index in [9.17, 15) is 9.59 Å². The van der Waals surface area contributed by atoms with E-state index in [1.54, 1.807) is 0 Å². The van der Waals surface area contributed by atoms with Crippen LogP contribution in [0.4, 0.5) is 5.69 Å². The van der Waals surface area contributed by atoms with Gasteiger partial charge in [0.25, 0.3) is 0 Å². The standard InChI is InChI=1S/C23H34N4O2/c1-4-27(20-10-5-6-11-20)22(29)17-26-14-12-25(13-15-26)16-21(28)24-23-18(2)8-7-9-19(23)3/h7-10H,4-6,11-17H2,1-3H3,(H,24,28). The number of benzene rings is 1.